The molecule has 0 atom stereocenters. The Morgan fingerprint density at radius 1 is 0.689 bits per heavy atom. The number of fused-ring (bicyclic) bond motifs is 6. The molecule has 0 aliphatic rings. The maximum Gasteiger partial charge on any atom is 0.160 e. The summed E-state index contributed by atoms with van der Waals surface area (Å²) in [6, 6.07) is 54.3. The molecule has 5 heteroatoms. The van der Waals surface area contributed by atoms with Gasteiger partial charge in [-0.05, 0) is 101 Å². The number of allylic oxidation sites excluding steroid dienone is 9. The number of para-hydroxylation sites is 2. The van der Waals surface area contributed by atoms with Gasteiger partial charge in [-0.3, -0.25) is 0 Å². The van der Waals surface area contributed by atoms with Crippen LogP contribution in [0.15, 0.2) is 229 Å². The van der Waals surface area contributed by atoms with E-state index in [0.717, 1.165) is 45.4 Å². The summed E-state index contributed by atoms with van der Waals surface area (Å²) in [5, 5.41) is 8.91. The fourth-order valence-corrected chi connectivity index (χ4v) is 9.02. The van der Waals surface area contributed by atoms with Gasteiger partial charge in [-0.1, -0.05) is 158 Å². The molecule has 0 saturated heterocycles. The number of benzene rings is 7. The lowest BCUT2D eigenvalue weighted by molar-refractivity contribution is 1.10. The molecule has 2 heterocycles. The van der Waals surface area contributed by atoms with Crippen LogP contribution in [0.2, 0.25) is 0 Å². The highest BCUT2D eigenvalue weighted by Gasteiger charge is 2.20. The molecular weight excluding hydrogens is 761 g/mol. The molecule has 0 saturated carbocycles. The van der Waals surface area contributed by atoms with E-state index in [2.05, 4.69) is 175 Å². The zero-order chi connectivity index (χ0) is 41.5. The predicted molar refractivity (Wildman–Crippen MR) is 261 cm³/mol. The zero-order valence-electron chi connectivity index (χ0n) is 34.0. The van der Waals surface area contributed by atoms with Crippen LogP contribution in [-0.4, -0.2) is 21.6 Å². The van der Waals surface area contributed by atoms with Crippen molar-refractivity contribution in [2.45, 2.75) is 16.2 Å². The van der Waals surface area contributed by atoms with Gasteiger partial charge < -0.3 is 9.88 Å². The summed E-state index contributed by atoms with van der Waals surface area (Å²) in [5.74, 6) is 0.658. The second kappa shape index (κ2) is 17.8. The van der Waals surface area contributed by atoms with Crippen molar-refractivity contribution in [1.82, 2.24) is 19.9 Å². The van der Waals surface area contributed by atoms with E-state index in [1.807, 2.05) is 67.5 Å². The number of aromatic nitrogens is 3. The van der Waals surface area contributed by atoms with Crippen molar-refractivity contribution in [3.8, 4) is 28.2 Å². The predicted octanol–water partition coefficient (Wildman–Crippen LogP) is 14.5. The lowest BCUT2D eigenvalue weighted by Gasteiger charge is -2.15. The first-order valence-electron chi connectivity index (χ1n) is 20.4. The minimum atomic E-state index is 0.658. The van der Waals surface area contributed by atoms with Gasteiger partial charge in [0.2, 0.25) is 0 Å². The molecule has 0 spiro atoms. The fourth-order valence-electron chi connectivity index (χ4n) is 8.07. The normalized spacial score (nSPS) is 12.2. The number of nitrogens with one attached hydrogen (secondary N) is 1. The number of hydrogen-bond donors (Lipinski definition) is 1. The van der Waals surface area contributed by atoms with Gasteiger partial charge in [0.15, 0.2) is 5.82 Å². The summed E-state index contributed by atoms with van der Waals surface area (Å²) in [4.78, 5) is 12.6. The molecule has 2 aromatic heterocycles. The lowest BCUT2D eigenvalue weighted by Crippen LogP contribution is -1.99. The Hall–Kier alpha value is -7.47. The van der Waals surface area contributed by atoms with E-state index < -0.39 is 0 Å². The summed E-state index contributed by atoms with van der Waals surface area (Å²) in [5.41, 5.74) is 10.5. The number of nitrogens with zero attached hydrogens (tertiary/aromatic N) is 3. The van der Waals surface area contributed by atoms with Crippen LogP contribution < -0.4 is 5.32 Å². The van der Waals surface area contributed by atoms with Gasteiger partial charge in [-0.25, -0.2) is 9.97 Å². The highest BCUT2D eigenvalue weighted by Crippen LogP contribution is 2.42. The molecule has 0 unspecified atom stereocenters. The molecule has 0 fully saturated rings. The third-order valence-corrected chi connectivity index (χ3v) is 12.0. The van der Waals surface area contributed by atoms with Crippen molar-refractivity contribution in [3.05, 3.63) is 231 Å². The first-order chi connectivity index (χ1) is 30.1. The Kier molecular flexibility index (Phi) is 11.4. The quantitative estimate of drug-likeness (QED) is 0.118. The Bertz CT molecular complexity index is 3200. The molecule has 9 aromatic rings. The van der Waals surface area contributed by atoms with Crippen molar-refractivity contribution in [2.75, 3.05) is 7.05 Å². The third kappa shape index (κ3) is 7.87. The van der Waals surface area contributed by atoms with E-state index in [-0.39, 0.29) is 0 Å². The van der Waals surface area contributed by atoms with Crippen LogP contribution in [0, 0.1) is 0 Å². The van der Waals surface area contributed by atoms with Gasteiger partial charge >= 0.3 is 0 Å². The fraction of sp³-hybridized carbons (Fsp3) is 0.0357. The van der Waals surface area contributed by atoms with Crippen LogP contribution >= 0.6 is 11.8 Å². The van der Waals surface area contributed by atoms with E-state index in [0.29, 0.717) is 5.82 Å². The van der Waals surface area contributed by atoms with Crippen LogP contribution in [0.1, 0.15) is 11.3 Å². The average molecular weight is 805 g/mol. The molecule has 294 valence electrons. The first kappa shape index (κ1) is 39.0. The van der Waals surface area contributed by atoms with Crippen LogP contribution in [-0.2, 0) is 6.42 Å². The van der Waals surface area contributed by atoms with Crippen molar-refractivity contribution in [1.29, 1.82) is 0 Å². The summed E-state index contributed by atoms with van der Waals surface area (Å²) in [6.07, 6.45) is 18.7. The molecule has 7 aromatic carbocycles. The summed E-state index contributed by atoms with van der Waals surface area (Å²) < 4.78 is 2.43. The van der Waals surface area contributed by atoms with Crippen LogP contribution in [0.25, 0.3) is 77.3 Å². The molecule has 0 aliphatic carbocycles. The van der Waals surface area contributed by atoms with Gasteiger partial charge in [-0.15, -0.1) is 0 Å². The first-order valence-corrected chi connectivity index (χ1v) is 21.3. The highest BCUT2D eigenvalue weighted by atomic mass is 32.2. The third-order valence-electron chi connectivity index (χ3n) is 10.9. The minimum Gasteiger partial charge on any atom is -0.394 e. The number of rotatable bonds is 13. The second-order valence-electron chi connectivity index (χ2n) is 14.6. The molecule has 1 N–H and O–H groups in total. The SMILES string of the molecule is C=C/C=C(\C=C)c1nc(-c2ccc(-n3c4ccc5ccccc5c4c4cccc(-c5ccc(Sc6ccccc6)c(C\C=C/C=C\C=C\NC)c5)c43)cc2)nc2ccccc12. The molecular formula is C56H44N4S. The minimum absolute atomic E-state index is 0.658. The van der Waals surface area contributed by atoms with Crippen molar-refractivity contribution in [3.63, 3.8) is 0 Å². The van der Waals surface area contributed by atoms with Crippen LogP contribution in [0.3, 0.4) is 0 Å². The summed E-state index contributed by atoms with van der Waals surface area (Å²) in [7, 11) is 1.90. The summed E-state index contributed by atoms with van der Waals surface area (Å²) in [6.45, 7) is 7.99. The Balaban J connectivity index is 1.21. The smallest absolute Gasteiger partial charge is 0.160 e. The summed E-state index contributed by atoms with van der Waals surface area (Å²) >= 11 is 1.81. The Morgan fingerprint density at radius 3 is 2.26 bits per heavy atom. The van der Waals surface area contributed by atoms with Crippen molar-refractivity contribution >= 4 is 60.8 Å². The van der Waals surface area contributed by atoms with E-state index in [9.17, 15) is 0 Å². The lowest BCUT2D eigenvalue weighted by atomic mass is 9.98. The highest BCUT2D eigenvalue weighted by molar-refractivity contribution is 7.99. The Morgan fingerprint density at radius 2 is 1.44 bits per heavy atom. The van der Waals surface area contributed by atoms with Crippen molar-refractivity contribution < 1.29 is 0 Å². The Labute approximate surface area is 361 Å². The van der Waals surface area contributed by atoms with E-state index in [1.54, 1.807) is 6.08 Å². The van der Waals surface area contributed by atoms with E-state index >= 15 is 0 Å². The topological polar surface area (TPSA) is 42.7 Å². The van der Waals surface area contributed by atoms with E-state index in [4.69, 9.17) is 9.97 Å². The van der Waals surface area contributed by atoms with Gasteiger partial charge in [0.25, 0.3) is 0 Å². The molecule has 0 radical (unpaired) electrons. The van der Waals surface area contributed by atoms with Crippen molar-refractivity contribution in [2.24, 2.45) is 0 Å². The average Bonchev–Trinajstić information content (AvgIpc) is 3.66. The zero-order valence-corrected chi connectivity index (χ0v) is 34.8. The standard InChI is InChI=1S/C56H44N4S/c1-4-19-39(5-2)54-48-25-15-16-28-50(48)58-56(59-54)41-29-33-44(34-30-41)60-51-35-31-40-20-13-14-24-46(40)53(51)49-27-18-26-47(55(49)60)42-32-36-52(61-45-22-11-9-12-23-45)43(38-42)21-10-7-6-8-17-37-57-3/h4-20,22-38,57H,1-2,21H2,3H3/b8-6-,10-7-,37-17+,39-19+. The molecule has 0 amide bonds. The molecule has 0 aliphatic heterocycles. The van der Waals surface area contributed by atoms with Gasteiger partial charge in [0.05, 0.1) is 22.2 Å². The van der Waals surface area contributed by atoms with Gasteiger partial charge in [0.1, 0.15) is 0 Å². The molecule has 4 nitrogen and oxygen atoms in total. The van der Waals surface area contributed by atoms with Gasteiger partial charge in [-0.2, -0.15) is 0 Å². The molecule has 0 bridgehead atoms. The maximum atomic E-state index is 5.11. The monoisotopic (exact) mass is 804 g/mol. The van der Waals surface area contributed by atoms with Crippen LogP contribution in [0.4, 0.5) is 0 Å². The van der Waals surface area contributed by atoms with Gasteiger partial charge in [0, 0.05) is 55.4 Å². The second-order valence-corrected chi connectivity index (χ2v) is 15.8. The largest absolute Gasteiger partial charge is 0.394 e. The maximum absolute atomic E-state index is 5.11. The molecule has 61 heavy (non-hydrogen) atoms. The number of hydrogen-bond acceptors (Lipinski definition) is 4. The van der Waals surface area contributed by atoms with E-state index in [1.165, 1.54) is 53.5 Å². The molecule has 9 rings (SSSR count). The van der Waals surface area contributed by atoms with Crippen LogP contribution in [0.5, 0.6) is 0 Å².